The van der Waals surface area contributed by atoms with E-state index in [9.17, 15) is 14.7 Å². The smallest absolute Gasteiger partial charge is 0.258 e. The van der Waals surface area contributed by atoms with Gasteiger partial charge in [-0.25, -0.2) is 0 Å². The molecule has 32 heavy (non-hydrogen) atoms. The molecule has 0 unspecified atom stereocenters. The van der Waals surface area contributed by atoms with Crippen molar-refractivity contribution in [2.75, 3.05) is 13.7 Å². The monoisotopic (exact) mass is 435 g/mol. The number of nitrogens with zero attached hydrogens (tertiary/aromatic N) is 1. The average Bonchev–Trinajstić information content (AvgIpc) is 3.45. The van der Waals surface area contributed by atoms with Crippen molar-refractivity contribution in [2.45, 2.75) is 44.4 Å². The number of carbonyl (C=O) groups excluding carboxylic acids is 1. The number of carbonyl (C=O) groups is 1. The number of aliphatic hydroxyl groups is 1. The number of benzene rings is 1. The second kappa shape index (κ2) is 8.56. The van der Waals surface area contributed by atoms with E-state index in [0.29, 0.717) is 13.1 Å². The molecule has 2 aliphatic heterocycles. The Balaban J connectivity index is 1.41. The molecule has 7 heteroatoms. The maximum absolute atomic E-state index is 13.3. The van der Waals surface area contributed by atoms with Crippen LogP contribution in [0, 0.1) is 11.8 Å². The van der Waals surface area contributed by atoms with Gasteiger partial charge in [-0.05, 0) is 54.7 Å². The number of allylic oxidation sites excluding steroid dienone is 2. The minimum absolute atomic E-state index is 0.0151. The van der Waals surface area contributed by atoms with Crippen molar-refractivity contribution in [3.63, 3.8) is 0 Å². The molecule has 2 aromatic rings. The zero-order valence-electron chi connectivity index (χ0n) is 18.2. The van der Waals surface area contributed by atoms with Crippen LogP contribution in [0.15, 0.2) is 47.3 Å². The van der Waals surface area contributed by atoms with Gasteiger partial charge in [-0.3, -0.25) is 9.59 Å². The van der Waals surface area contributed by atoms with Crippen LogP contribution < -0.4 is 20.9 Å². The van der Waals surface area contributed by atoms with Gasteiger partial charge in [-0.1, -0.05) is 18.2 Å². The molecule has 1 aliphatic carbocycles. The van der Waals surface area contributed by atoms with Crippen LogP contribution in [0.1, 0.15) is 42.1 Å². The number of nitrogens with one attached hydrogen (secondary N) is 2. The lowest BCUT2D eigenvalue weighted by Crippen LogP contribution is -2.44. The Bertz CT molecular complexity index is 1120. The third kappa shape index (κ3) is 3.55. The molecule has 5 rings (SSSR count). The van der Waals surface area contributed by atoms with Gasteiger partial charge < -0.3 is 25.0 Å². The zero-order chi connectivity index (χ0) is 22.2. The highest BCUT2D eigenvalue weighted by atomic mass is 16.5. The topological polar surface area (TPSA) is 92.6 Å². The summed E-state index contributed by atoms with van der Waals surface area (Å²) in [4.78, 5) is 26.5. The molecule has 2 bridgehead atoms. The molecule has 0 radical (unpaired) electrons. The fraction of sp³-hybridized carbons (Fsp3) is 0.440. The molecule has 0 spiro atoms. The highest BCUT2D eigenvalue weighted by molar-refractivity contribution is 5.80. The van der Waals surface area contributed by atoms with Crippen LogP contribution in [-0.4, -0.2) is 35.3 Å². The summed E-state index contributed by atoms with van der Waals surface area (Å²) in [5, 5.41) is 16.7. The Morgan fingerprint density at radius 3 is 2.94 bits per heavy atom. The van der Waals surface area contributed by atoms with E-state index in [1.807, 2.05) is 41.0 Å². The third-order valence-electron chi connectivity index (χ3n) is 7.14. The van der Waals surface area contributed by atoms with Crippen LogP contribution in [-0.2, 0) is 17.9 Å². The predicted octanol–water partition coefficient (Wildman–Crippen LogP) is 1.99. The van der Waals surface area contributed by atoms with Crippen molar-refractivity contribution < 1.29 is 14.6 Å². The SMILES string of the molecule is COc1cccc(CNC(=O)[C@H]2[C@H](CO)[C@H]3Cn4c(ccc(C5=CCCC5)c4=O)[C@@H]2N3)c1. The van der Waals surface area contributed by atoms with Gasteiger partial charge in [0.2, 0.25) is 5.91 Å². The molecule has 1 amide bonds. The van der Waals surface area contributed by atoms with Crippen LogP contribution in [0.25, 0.3) is 5.57 Å². The number of methoxy groups -OCH3 is 1. The highest BCUT2D eigenvalue weighted by Gasteiger charge is 2.50. The third-order valence-corrected chi connectivity index (χ3v) is 7.14. The van der Waals surface area contributed by atoms with E-state index in [4.69, 9.17) is 4.74 Å². The van der Waals surface area contributed by atoms with E-state index in [1.54, 1.807) is 7.11 Å². The summed E-state index contributed by atoms with van der Waals surface area (Å²) in [6, 6.07) is 11.1. The fourth-order valence-electron chi connectivity index (χ4n) is 5.50. The second-order valence-corrected chi connectivity index (χ2v) is 8.90. The summed E-state index contributed by atoms with van der Waals surface area (Å²) in [6.07, 6.45) is 5.20. The number of hydrogen-bond acceptors (Lipinski definition) is 5. The lowest BCUT2D eigenvalue weighted by atomic mass is 9.86. The first kappa shape index (κ1) is 21.0. The Hall–Kier alpha value is -2.90. The summed E-state index contributed by atoms with van der Waals surface area (Å²) in [7, 11) is 1.61. The molecule has 7 nitrogen and oxygen atoms in total. The fourth-order valence-corrected chi connectivity index (χ4v) is 5.50. The number of aliphatic hydroxyl groups excluding tert-OH is 1. The van der Waals surface area contributed by atoms with Gasteiger partial charge in [-0.15, -0.1) is 0 Å². The molecule has 1 aromatic carbocycles. The van der Waals surface area contributed by atoms with E-state index in [2.05, 4.69) is 16.7 Å². The van der Waals surface area contributed by atoms with Crippen molar-refractivity contribution in [1.82, 2.24) is 15.2 Å². The molecular weight excluding hydrogens is 406 g/mol. The summed E-state index contributed by atoms with van der Waals surface area (Å²) in [5.74, 6) is -0.0701. The summed E-state index contributed by atoms with van der Waals surface area (Å²) < 4.78 is 7.08. The van der Waals surface area contributed by atoms with E-state index >= 15 is 0 Å². The number of ether oxygens (including phenoxy) is 1. The van der Waals surface area contributed by atoms with Gasteiger partial charge in [0.1, 0.15) is 5.75 Å². The Morgan fingerprint density at radius 1 is 1.31 bits per heavy atom. The maximum atomic E-state index is 13.3. The van der Waals surface area contributed by atoms with Gasteiger partial charge in [0.15, 0.2) is 0 Å². The van der Waals surface area contributed by atoms with Crippen molar-refractivity contribution in [3.8, 4) is 5.75 Å². The van der Waals surface area contributed by atoms with E-state index in [0.717, 1.165) is 47.4 Å². The van der Waals surface area contributed by atoms with Crippen molar-refractivity contribution >= 4 is 11.5 Å². The van der Waals surface area contributed by atoms with Crippen molar-refractivity contribution in [2.24, 2.45) is 11.8 Å². The normalized spacial score (nSPS) is 25.9. The van der Waals surface area contributed by atoms with Crippen LogP contribution in [0.2, 0.25) is 0 Å². The lowest BCUT2D eigenvalue weighted by Gasteiger charge is -2.28. The quantitative estimate of drug-likeness (QED) is 0.645. The molecule has 0 saturated carbocycles. The molecule has 1 aromatic heterocycles. The van der Waals surface area contributed by atoms with Crippen LogP contribution in [0.4, 0.5) is 0 Å². The minimum Gasteiger partial charge on any atom is -0.497 e. The number of fused-ring (bicyclic) bond motifs is 4. The highest BCUT2D eigenvalue weighted by Crippen LogP contribution is 2.41. The summed E-state index contributed by atoms with van der Waals surface area (Å²) >= 11 is 0. The number of hydrogen-bond donors (Lipinski definition) is 3. The predicted molar refractivity (Wildman–Crippen MR) is 121 cm³/mol. The van der Waals surface area contributed by atoms with E-state index < -0.39 is 5.92 Å². The van der Waals surface area contributed by atoms with Crippen LogP contribution in [0.3, 0.4) is 0 Å². The molecule has 3 aliphatic rings. The Labute approximate surface area is 187 Å². The van der Waals surface area contributed by atoms with E-state index in [1.165, 1.54) is 0 Å². The average molecular weight is 436 g/mol. The number of aromatic nitrogens is 1. The Morgan fingerprint density at radius 2 is 2.19 bits per heavy atom. The van der Waals surface area contributed by atoms with Gasteiger partial charge in [0.25, 0.3) is 5.56 Å². The first-order chi connectivity index (χ1) is 15.6. The van der Waals surface area contributed by atoms with Gasteiger partial charge in [0.05, 0.1) is 19.1 Å². The molecule has 4 atom stereocenters. The largest absolute Gasteiger partial charge is 0.497 e. The number of rotatable bonds is 6. The van der Waals surface area contributed by atoms with Crippen LogP contribution >= 0.6 is 0 Å². The number of pyridine rings is 1. The van der Waals surface area contributed by atoms with Crippen LogP contribution in [0.5, 0.6) is 5.75 Å². The minimum atomic E-state index is -0.444. The first-order valence-corrected chi connectivity index (χ1v) is 11.3. The van der Waals surface area contributed by atoms with Gasteiger partial charge in [0, 0.05) is 42.9 Å². The lowest BCUT2D eigenvalue weighted by molar-refractivity contribution is -0.127. The molecular formula is C25H29N3O4. The first-order valence-electron chi connectivity index (χ1n) is 11.3. The molecule has 3 N–H and O–H groups in total. The summed E-state index contributed by atoms with van der Waals surface area (Å²) in [6.45, 7) is 0.741. The molecule has 1 saturated heterocycles. The Kier molecular flexibility index (Phi) is 5.61. The zero-order valence-corrected chi connectivity index (χ0v) is 18.2. The van der Waals surface area contributed by atoms with Crippen molar-refractivity contribution in [3.05, 3.63) is 69.6 Å². The molecule has 3 heterocycles. The van der Waals surface area contributed by atoms with Crippen molar-refractivity contribution in [1.29, 1.82) is 0 Å². The van der Waals surface area contributed by atoms with E-state index in [-0.39, 0.29) is 36.1 Å². The molecule has 168 valence electrons. The standard InChI is InChI=1S/C25H29N3O4/c1-32-17-8-4-5-15(11-17)12-26-24(30)22-19(14-29)20-13-28-21(23(22)27-20)10-9-18(25(28)31)16-6-2-3-7-16/h4-6,8-11,19-20,22-23,27,29H,2-3,7,12-14H2,1H3,(H,26,30)/t19-,20-,22+,23+/m1/s1. The van der Waals surface area contributed by atoms with Gasteiger partial charge >= 0.3 is 0 Å². The number of amides is 1. The van der Waals surface area contributed by atoms with Gasteiger partial charge in [-0.2, -0.15) is 0 Å². The second-order valence-electron chi connectivity index (χ2n) is 8.90. The summed E-state index contributed by atoms with van der Waals surface area (Å²) in [5.41, 5.74) is 3.68. The molecule has 1 fully saturated rings. The maximum Gasteiger partial charge on any atom is 0.258 e.